The molecule has 2 aliphatic rings. The van der Waals surface area contributed by atoms with E-state index in [4.69, 9.17) is 0 Å². The van der Waals surface area contributed by atoms with E-state index in [1.165, 1.54) is 6.07 Å². The standard InChI is InChI=1S/C21H27F2N5O2/c1-15-8-17(26(2)25-15)11-28-7-3-6-20(19(28)30)12-21(22,23)14-27(13-20)10-16-4-5-18(29)24-9-16/h4-5,8-9H,3,6-7,10-14H2,1-2H3,(H,24,29)/t20-/m1/s1. The third-order valence-electron chi connectivity index (χ3n) is 6.11. The van der Waals surface area contributed by atoms with Gasteiger partial charge in [0.05, 0.1) is 29.9 Å². The monoisotopic (exact) mass is 419 g/mol. The number of pyridine rings is 1. The predicted octanol–water partition coefficient (Wildman–Crippen LogP) is 2.07. The average Bonchev–Trinajstić information content (AvgIpc) is 2.97. The maximum atomic E-state index is 14.8. The highest BCUT2D eigenvalue weighted by molar-refractivity contribution is 5.84. The Bertz CT molecular complexity index is 981. The molecule has 2 aromatic rings. The maximum Gasteiger partial charge on any atom is 0.261 e. The highest BCUT2D eigenvalue weighted by Gasteiger charge is 2.55. The van der Waals surface area contributed by atoms with E-state index in [0.717, 1.165) is 17.0 Å². The fourth-order valence-electron chi connectivity index (χ4n) is 4.95. The number of aryl methyl sites for hydroxylation is 2. The number of alkyl halides is 2. The first-order valence-corrected chi connectivity index (χ1v) is 10.2. The van der Waals surface area contributed by atoms with Crippen LogP contribution in [0.25, 0.3) is 0 Å². The topological polar surface area (TPSA) is 74.2 Å². The number of aromatic nitrogens is 3. The number of halogens is 2. The molecule has 1 N–H and O–H groups in total. The molecule has 2 saturated heterocycles. The summed E-state index contributed by atoms with van der Waals surface area (Å²) in [6.45, 7) is 3.00. The first-order chi connectivity index (χ1) is 14.2. The highest BCUT2D eigenvalue weighted by atomic mass is 19.3. The summed E-state index contributed by atoms with van der Waals surface area (Å²) in [6, 6.07) is 4.95. The zero-order chi connectivity index (χ0) is 21.5. The van der Waals surface area contributed by atoms with Crippen molar-refractivity contribution in [2.24, 2.45) is 12.5 Å². The summed E-state index contributed by atoms with van der Waals surface area (Å²) in [5.74, 6) is -3.14. The zero-order valence-corrected chi connectivity index (χ0v) is 17.3. The largest absolute Gasteiger partial charge is 0.336 e. The van der Waals surface area contributed by atoms with E-state index in [0.29, 0.717) is 32.5 Å². The molecule has 2 aromatic heterocycles. The van der Waals surface area contributed by atoms with Crippen molar-refractivity contribution in [1.29, 1.82) is 0 Å². The fraction of sp³-hybridized carbons (Fsp3) is 0.571. The van der Waals surface area contributed by atoms with Crippen LogP contribution in [0.1, 0.15) is 36.2 Å². The molecule has 1 spiro atoms. The van der Waals surface area contributed by atoms with Gasteiger partial charge in [-0.1, -0.05) is 6.07 Å². The number of rotatable bonds is 4. The Morgan fingerprint density at radius 3 is 2.67 bits per heavy atom. The van der Waals surface area contributed by atoms with Crippen LogP contribution >= 0.6 is 0 Å². The molecule has 4 rings (SSSR count). The molecule has 0 saturated carbocycles. The Hall–Kier alpha value is -2.55. The molecule has 7 nitrogen and oxygen atoms in total. The summed E-state index contributed by atoms with van der Waals surface area (Å²) in [4.78, 5) is 30.6. The Kier molecular flexibility index (Phi) is 5.25. The molecule has 0 aliphatic carbocycles. The van der Waals surface area contributed by atoms with E-state index in [1.807, 2.05) is 20.0 Å². The number of hydrogen-bond donors (Lipinski definition) is 1. The van der Waals surface area contributed by atoms with Gasteiger partial charge < -0.3 is 9.88 Å². The first-order valence-electron chi connectivity index (χ1n) is 10.2. The van der Waals surface area contributed by atoms with E-state index in [2.05, 4.69) is 10.1 Å². The van der Waals surface area contributed by atoms with Gasteiger partial charge >= 0.3 is 0 Å². The summed E-state index contributed by atoms with van der Waals surface area (Å²) in [6.07, 6.45) is 2.29. The van der Waals surface area contributed by atoms with Crippen molar-refractivity contribution >= 4 is 5.91 Å². The summed E-state index contributed by atoms with van der Waals surface area (Å²) in [5, 5.41) is 4.32. The number of nitrogens with zero attached hydrogens (tertiary/aromatic N) is 4. The summed E-state index contributed by atoms with van der Waals surface area (Å²) in [5.41, 5.74) is 1.18. The van der Waals surface area contributed by atoms with Crippen molar-refractivity contribution in [1.82, 2.24) is 24.6 Å². The molecule has 1 atom stereocenters. The highest BCUT2D eigenvalue weighted by Crippen LogP contribution is 2.45. The van der Waals surface area contributed by atoms with Crippen LogP contribution < -0.4 is 5.56 Å². The maximum absolute atomic E-state index is 14.8. The number of piperidine rings is 2. The summed E-state index contributed by atoms with van der Waals surface area (Å²) >= 11 is 0. The van der Waals surface area contributed by atoms with Gasteiger partial charge in [-0.15, -0.1) is 0 Å². The van der Waals surface area contributed by atoms with E-state index in [-0.39, 0.29) is 24.6 Å². The van der Waals surface area contributed by atoms with Gasteiger partial charge in [-0.2, -0.15) is 5.10 Å². The lowest BCUT2D eigenvalue weighted by Crippen LogP contribution is -2.60. The molecule has 0 radical (unpaired) electrons. The van der Waals surface area contributed by atoms with Crippen LogP contribution in [0.2, 0.25) is 0 Å². The van der Waals surface area contributed by atoms with E-state index < -0.39 is 17.8 Å². The van der Waals surface area contributed by atoms with Gasteiger partial charge in [-0.05, 0) is 31.4 Å². The number of nitrogens with one attached hydrogen (secondary N) is 1. The lowest BCUT2D eigenvalue weighted by atomic mass is 9.71. The number of carbonyl (C=O) groups excluding carboxylic acids is 1. The Morgan fingerprint density at radius 1 is 1.20 bits per heavy atom. The van der Waals surface area contributed by atoms with Crippen molar-refractivity contribution in [3.05, 3.63) is 51.7 Å². The molecule has 0 unspecified atom stereocenters. The lowest BCUT2D eigenvalue weighted by Gasteiger charge is -2.49. The normalized spacial score (nSPS) is 24.5. The van der Waals surface area contributed by atoms with Gasteiger partial charge in [0.15, 0.2) is 0 Å². The second kappa shape index (κ2) is 7.61. The van der Waals surface area contributed by atoms with Crippen LogP contribution in [0.4, 0.5) is 8.78 Å². The molecule has 0 bridgehead atoms. The second-order valence-corrected chi connectivity index (χ2v) is 8.75. The van der Waals surface area contributed by atoms with Gasteiger partial charge in [-0.3, -0.25) is 19.2 Å². The molecule has 162 valence electrons. The molecule has 2 fully saturated rings. The van der Waals surface area contributed by atoms with Gasteiger partial charge in [0.2, 0.25) is 11.5 Å². The van der Waals surface area contributed by atoms with Crippen molar-refractivity contribution in [3.63, 3.8) is 0 Å². The Labute approximate surface area is 173 Å². The lowest BCUT2D eigenvalue weighted by molar-refractivity contribution is -0.171. The van der Waals surface area contributed by atoms with Crippen LogP contribution in [0, 0.1) is 12.3 Å². The Balaban J connectivity index is 1.55. The van der Waals surface area contributed by atoms with Gasteiger partial charge in [0, 0.05) is 45.4 Å². The van der Waals surface area contributed by atoms with Crippen LogP contribution in [0.5, 0.6) is 0 Å². The van der Waals surface area contributed by atoms with E-state index >= 15 is 0 Å². The van der Waals surface area contributed by atoms with Crippen LogP contribution in [-0.2, 0) is 24.9 Å². The molecule has 0 aromatic carbocycles. The number of aromatic amines is 1. The third kappa shape index (κ3) is 4.16. The van der Waals surface area contributed by atoms with Crippen molar-refractivity contribution in [2.75, 3.05) is 19.6 Å². The predicted molar refractivity (Wildman–Crippen MR) is 107 cm³/mol. The van der Waals surface area contributed by atoms with Crippen LogP contribution in [0.3, 0.4) is 0 Å². The molecule has 9 heteroatoms. The number of carbonyl (C=O) groups is 1. The number of H-pyrrole nitrogens is 1. The number of likely N-dealkylation sites (tertiary alicyclic amines) is 2. The van der Waals surface area contributed by atoms with Gasteiger partial charge in [0.25, 0.3) is 5.92 Å². The molecule has 30 heavy (non-hydrogen) atoms. The quantitative estimate of drug-likeness (QED) is 0.824. The minimum absolute atomic E-state index is 0.196. The molecule has 1 amide bonds. The van der Waals surface area contributed by atoms with E-state index in [1.54, 1.807) is 26.7 Å². The zero-order valence-electron chi connectivity index (χ0n) is 17.3. The van der Waals surface area contributed by atoms with Crippen molar-refractivity contribution in [2.45, 2.75) is 45.2 Å². The number of hydrogen-bond acceptors (Lipinski definition) is 4. The smallest absolute Gasteiger partial charge is 0.261 e. The number of amides is 1. The van der Waals surface area contributed by atoms with E-state index in [9.17, 15) is 18.4 Å². The SMILES string of the molecule is Cc1cc(CN2CCC[C@@]3(CN(Cc4ccc(=O)[nH]c4)CC(F)(F)C3)C2=O)n(C)n1. The van der Waals surface area contributed by atoms with Crippen LogP contribution in [0.15, 0.2) is 29.2 Å². The molecule has 4 heterocycles. The molecule has 2 aliphatic heterocycles. The van der Waals surface area contributed by atoms with Gasteiger partial charge in [0.1, 0.15) is 0 Å². The van der Waals surface area contributed by atoms with Crippen molar-refractivity contribution < 1.29 is 13.6 Å². The minimum Gasteiger partial charge on any atom is -0.336 e. The summed E-state index contributed by atoms with van der Waals surface area (Å²) in [7, 11) is 1.83. The molecular weight excluding hydrogens is 392 g/mol. The Morgan fingerprint density at radius 2 is 2.00 bits per heavy atom. The second-order valence-electron chi connectivity index (χ2n) is 8.75. The fourth-order valence-corrected chi connectivity index (χ4v) is 4.95. The first kappa shape index (κ1) is 20.7. The van der Waals surface area contributed by atoms with Crippen LogP contribution in [-0.4, -0.2) is 56.0 Å². The van der Waals surface area contributed by atoms with Gasteiger partial charge in [-0.25, -0.2) is 8.78 Å². The third-order valence-corrected chi connectivity index (χ3v) is 6.11. The molecular formula is C21H27F2N5O2. The van der Waals surface area contributed by atoms with Crippen molar-refractivity contribution in [3.8, 4) is 0 Å². The summed E-state index contributed by atoms with van der Waals surface area (Å²) < 4.78 is 31.3. The average molecular weight is 419 g/mol. The minimum atomic E-state index is -2.94.